The monoisotopic (exact) mass is 311 g/mol. The van der Waals surface area contributed by atoms with E-state index in [0.717, 1.165) is 35.8 Å². The average Bonchev–Trinajstić information content (AvgIpc) is 2.81. The summed E-state index contributed by atoms with van der Waals surface area (Å²) in [5.74, 6) is 0. The van der Waals surface area contributed by atoms with Crippen LogP contribution in [0.25, 0.3) is 0 Å². The molecule has 1 aromatic heterocycles. The summed E-state index contributed by atoms with van der Waals surface area (Å²) in [6, 6.07) is 7.86. The Morgan fingerprint density at radius 3 is 2.75 bits per heavy atom. The van der Waals surface area contributed by atoms with Gasteiger partial charge >= 0.3 is 0 Å². The van der Waals surface area contributed by atoms with Crippen LogP contribution in [-0.4, -0.2) is 16.3 Å². The third-order valence-corrected chi connectivity index (χ3v) is 3.71. The van der Waals surface area contributed by atoms with Gasteiger partial charge in [0.15, 0.2) is 0 Å². The topological polar surface area (TPSA) is 29.9 Å². The highest BCUT2D eigenvalue weighted by molar-refractivity contribution is 6.31. The molecular formula is C15H19Cl2N3. The molecule has 0 spiro atoms. The predicted octanol–water partition coefficient (Wildman–Crippen LogP) is 4.30. The number of hydrogen-bond acceptors (Lipinski definition) is 2. The van der Waals surface area contributed by atoms with Gasteiger partial charge in [-0.3, -0.25) is 4.68 Å². The molecular weight excluding hydrogens is 293 g/mol. The zero-order valence-electron chi connectivity index (χ0n) is 11.7. The van der Waals surface area contributed by atoms with Gasteiger partial charge in [-0.2, -0.15) is 5.10 Å². The zero-order valence-corrected chi connectivity index (χ0v) is 13.2. The molecule has 0 amide bonds. The van der Waals surface area contributed by atoms with Crippen LogP contribution in [0.4, 0.5) is 0 Å². The molecule has 0 radical (unpaired) electrons. The Morgan fingerprint density at radius 1 is 1.30 bits per heavy atom. The molecule has 0 aliphatic rings. The van der Waals surface area contributed by atoms with E-state index in [1.165, 1.54) is 0 Å². The van der Waals surface area contributed by atoms with Gasteiger partial charge in [0, 0.05) is 11.6 Å². The van der Waals surface area contributed by atoms with E-state index in [4.69, 9.17) is 23.2 Å². The van der Waals surface area contributed by atoms with Gasteiger partial charge in [-0.15, -0.1) is 0 Å². The van der Waals surface area contributed by atoms with E-state index < -0.39 is 0 Å². The fourth-order valence-electron chi connectivity index (χ4n) is 2.26. The SMILES string of the molecule is CCCNC(c1cccc(Cl)c1)c1c(Cl)cnn1CC. The molecule has 2 rings (SSSR count). The van der Waals surface area contributed by atoms with Crippen LogP contribution in [0.15, 0.2) is 30.5 Å². The van der Waals surface area contributed by atoms with Crippen LogP contribution < -0.4 is 5.32 Å². The van der Waals surface area contributed by atoms with Crippen molar-refractivity contribution in [3.05, 3.63) is 51.8 Å². The van der Waals surface area contributed by atoms with E-state index in [1.807, 2.05) is 22.9 Å². The Kier molecular flexibility index (Phi) is 5.46. The summed E-state index contributed by atoms with van der Waals surface area (Å²) in [5, 5.41) is 9.26. The van der Waals surface area contributed by atoms with Gasteiger partial charge in [0.25, 0.3) is 0 Å². The highest BCUT2D eigenvalue weighted by Crippen LogP contribution is 2.29. The Morgan fingerprint density at radius 2 is 2.10 bits per heavy atom. The van der Waals surface area contributed by atoms with Gasteiger partial charge in [0.2, 0.25) is 0 Å². The summed E-state index contributed by atoms with van der Waals surface area (Å²) in [5.41, 5.74) is 2.09. The molecule has 0 aliphatic carbocycles. The normalized spacial score (nSPS) is 12.6. The lowest BCUT2D eigenvalue weighted by Gasteiger charge is -2.21. The van der Waals surface area contributed by atoms with Crippen LogP contribution in [0.5, 0.6) is 0 Å². The van der Waals surface area contributed by atoms with Gasteiger partial charge in [-0.05, 0) is 37.6 Å². The van der Waals surface area contributed by atoms with Crippen molar-refractivity contribution in [2.75, 3.05) is 6.54 Å². The van der Waals surface area contributed by atoms with Gasteiger partial charge < -0.3 is 5.32 Å². The van der Waals surface area contributed by atoms with E-state index in [2.05, 4.69) is 30.3 Å². The maximum absolute atomic E-state index is 6.33. The van der Waals surface area contributed by atoms with Crippen molar-refractivity contribution in [3.63, 3.8) is 0 Å². The molecule has 3 nitrogen and oxygen atoms in total. The lowest BCUT2D eigenvalue weighted by molar-refractivity contribution is 0.530. The zero-order chi connectivity index (χ0) is 14.5. The Labute approximate surface area is 129 Å². The number of nitrogens with zero attached hydrogens (tertiary/aromatic N) is 2. The minimum atomic E-state index is 0.00333. The lowest BCUT2D eigenvalue weighted by Crippen LogP contribution is -2.26. The van der Waals surface area contributed by atoms with Crippen molar-refractivity contribution in [1.82, 2.24) is 15.1 Å². The van der Waals surface area contributed by atoms with E-state index in [9.17, 15) is 0 Å². The van der Waals surface area contributed by atoms with Crippen LogP contribution in [0.1, 0.15) is 37.6 Å². The summed E-state index contributed by atoms with van der Waals surface area (Å²) >= 11 is 12.4. The largest absolute Gasteiger partial charge is 0.305 e. The van der Waals surface area contributed by atoms with Crippen molar-refractivity contribution in [2.45, 2.75) is 32.9 Å². The highest BCUT2D eigenvalue weighted by atomic mass is 35.5. The molecule has 1 heterocycles. The van der Waals surface area contributed by atoms with Gasteiger partial charge in [0.1, 0.15) is 0 Å². The lowest BCUT2D eigenvalue weighted by atomic mass is 10.0. The molecule has 1 unspecified atom stereocenters. The third-order valence-electron chi connectivity index (χ3n) is 3.19. The first kappa shape index (κ1) is 15.4. The first-order chi connectivity index (χ1) is 9.67. The quantitative estimate of drug-likeness (QED) is 0.862. The summed E-state index contributed by atoms with van der Waals surface area (Å²) < 4.78 is 1.93. The Balaban J connectivity index is 2.44. The van der Waals surface area contributed by atoms with E-state index >= 15 is 0 Å². The maximum Gasteiger partial charge on any atom is 0.0837 e. The first-order valence-corrected chi connectivity index (χ1v) is 7.63. The van der Waals surface area contributed by atoms with Gasteiger partial charge in [0.05, 0.1) is 23.0 Å². The fourth-order valence-corrected chi connectivity index (χ4v) is 2.71. The molecule has 0 bridgehead atoms. The molecule has 1 aromatic carbocycles. The first-order valence-electron chi connectivity index (χ1n) is 6.87. The average molecular weight is 312 g/mol. The minimum absolute atomic E-state index is 0.00333. The second kappa shape index (κ2) is 7.11. The molecule has 1 N–H and O–H groups in total. The molecule has 20 heavy (non-hydrogen) atoms. The van der Waals surface area contributed by atoms with E-state index in [0.29, 0.717) is 5.02 Å². The number of benzene rings is 1. The van der Waals surface area contributed by atoms with Crippen LogP contribution in [0.2, 0.25) is 10.0 Å². The maximum atomic E-state index is 6.33. The van der Waals surface area contributed by atoms with Crippen LogP contribution >= 0.6 is 23.2 Å². The number of nitrogens with one attached hydrogen (secondary N) is 1. The van der Waals surface area contributed by atoms with Crippen LogP contribution in [0, 0.1) is 0 Å². The van der Waals surface area contributed by atoms with Crippen molar-refractivity contribution < 1.29 is 0 Å². The molecule has 2 aromatic rings. The third kappa shape index (κ3) is 3.35. The molecule has 0 fully saturated rings. The van der Waals surface area contributed by atoms with E-state index in [1.54, 1.807) is 6.20 Å². The Hall–Kier alpha value is -1.03. The van der Waals surface area contributed by atoms with Gasteiger partial charge in [-0.1, -0.05) is 42.3 Å². The summed E-state index contributed by atoms with van der Waals surface area (Å²) in [6.07, 6.45) is 2.75. The number of aryl methyl sites for hydroxylation is 1. The number of rotatable bonds is 6. The van der Waals surface area contributed by atoms with Crippen molar-refractivity contribution in [3.8, 4) is 0 Å². The van der Waals surface area contributed by atoms with Crippen molar-refractivity contribution in [2.24, 2.45) is 0 Å². The summed E-state index contributed by atoms with van der Waals surface area (Å²) in [4.78, 5) is 0. The minimum Gasteiger partial charge on any atom is -0.305 e. The van der Waals surface area contributed by atoms with Crippen LogP contribution in [-0.2, 0) is 6.54 Å². The molecule has 1 atom stereocenters. The summed E-state index contributed by atoms with van der Waals surface area (Å²) in [7, 11) is 0. The summed E-state index contributed by atoms with van der Waals surface area (Å²) in [6.45, 7) is 5.89. The second-order valence-electron chi connectivity index (χ2n) is 4.64. The number of halogens is 2. The molecule has 108 valence electrons. The predicted molar refractivity (Wildman–Crippen MR) is 84.5 cm³/mol. The second-order valence-corrected chi connectivity index (χ2v) is 5.48. The van der Waals surface area contributed by atoms with Gasteiger partial charge in [-0.25, -0.2) is 0 Å². The number of aromatic nitrogens is 2. The molecule has 0 aliphatic heterocycles. The van der Waals surface area contributed by atoms with Crippen LogP contribution in [0.3, 0.4) is 0 Å². The molecule has 0 saturated carbocycles. The molecule has 0 saturated heterocycles. The van der Waals surface area contributed by atoms with Crippen molar-refractivity contribution in [1.29, 1.82) is 0 Å². The fraction of sp³-hybridized carbons (Fsp3) is 0.400. The number of hydrogen-bond donors (Lipinski definition) is 1. The smallest absolute Gasteiger partial charge is 0.0837 e. The Bertz CT molecular complexity index is 566. The van der Waals surface area contributed by atoms with E-state index in [-0.39, 0.29) is 6.04 Å². The van der Waals surface area contributed by atoms with Crippen molar-refractivity contribution >= 4 is 23.2 Å². The standard InChI is InChI=1S/C15H19Cl2N3/c1-3-8-18-14(11-6-5-7-12(16)9-11)15-13(17)10-19-20(15)4-2/h5-7,9-10,14,18H,3-4,8H2,1-2H3. The highest BCUT2D eigenvalue weighted by Gasteiger charge is 2.21. The molecule has 5 heteroatoms.